The number of aromatic nitrogens is 2. The zero-order valence-electron chi connectivity index (χ0n) is 16.1. The summed E-state index contributed by atoms with van der Waals surface area (Å²) in [5, 5.41) is 11.6. The third kappa shape index (κ3) is 4.00. The molecule has 3 aromatic rings. The number of nitrogens with zero attached hydrogens (tertiary/aromatic N) is 5. The number of hydrogen-bond donors (Lipinski definition) is 0. The van der Waals surface area contributed by atoms with E-state index in [9.17, 15) is 19.3 Å². The van der Waals surface area contributed by atoms with Crippen LogP contribution in [0.5, 0.6) is 0 Å². The van der Waals surface area contributed by atoms with Gasteiger partial charge in [0.25, 0.3) is 11.6 Å². The third-order valence-electron chi connectivity index (χ3n) is 5.18. The van der Waals surface area contributed by atoms with Crippen LogP contribution in [0, 0.1) is 15.9 Å². The minimum Gasteiger partial charge on any atom is -0.370 e. The van der Waals surface area contributed by atoms with Crippen molar-refractivity contribution in [2.24, 2.45) is 0 Å². The molecule has 30 heavy (non-hydrogen) atoms. The Morgan fingerprint density at radius 1 is 1.07 bits per heavy atom. The zero-order chi connectivity index (χ0) is 21.1. The molecular weight excluding hydrogens is 389 g/mol. The Hall–Kier alpha value is -3.75. The fourth-order valence-electron chi connectivity index (χ4n) is 3.64. The van der Waals surface area contributed by atoms with Crippen molar-refractivity contribution in [1.29, 1.82) is 0 Å². The van der Waals surface area contributed by atoms with E-state index in [0.29, 0.717) is 25.3 Å². The summed E-state index contributed by atoms with van der Waals surface area (Å²) < 4.78 is 14.7. The maximum Gasteiger partial charge on any atom is 0.294 e. The number of carbonyl (C=O) groups is 1. The maximum absolute atomic E-state index is 13.2. The second-order valence-electron chi connectivity index (χ2n) is 7.04. The van der Waals surface area contributed by atoms with E-state index >= 15 is 0 Å². The molecule has 0 radical (unpaired) electrons. The largest absolute Gasteiger partial charge is 0.370 e. The first kappa shape index (κ1) is 19.6. The number of imidazole rings is 1. The number of halogens is 1. The molecule has 9 heteroatoms. The van der Waals surface area contributed by atoms with Crippen LogP contribution in [0.1, 0.15) is 16.8 Å². The van der Waals surface area contributed by atoms with Gasteiger partial charge in [-0.1, -0.05) is 0 Å². The summed E-state index contributed by atoms with van der Waals surface area (Å²) in [6, 6.07) is 10.8. The lowest BCUT2D eigenvalue weighted by Gasteiger charge is -2.24. The molecule has 0 bridgehead atoms. The van der Waals surface area contributed by atoms with Gasteiger partial charge in [0.05, 0.1) is 11.3 Å². The molecule has 0 saturated carbocycles. The molecule has 1 amide bonds. The van der Waals surface area contributed by atoms with E-state index in [4.69, 9.17) is 0 Å². The van der Waals surface area contributed by atoms with Gasteiger partial charge in [-0.05, 0) is 42.8 Å². The van der Waals surface area contributed by atoms with Crippen LogP contribution in [0.3, 0.4) is 0 Å². The minimum absolute atomic E-state index is 0.151. The molecule has 1 fully saturated rings. The van der Waals surface area contributed by atoms with E-state index in [2.05, 4.69) is 9.88 Å². The predicted molar refractivity (Wildman–Crippen MR) is 109 cm³/mol. The summed E-state index contributed by atoms with van der Waals surface area (Å²) in [5.74, 6) is -0.526. The monoisotopic (exact) mass is 409 g/mol. The van der Waals surface area contributed by atoms with Gasteiger partial charge in [0.2, 0.25) is 0 Å². The normalized spacial score (nSPS) is 14.4. The van der Waals surface area contributed by atoms with Gasteiger partial charge in [-0.3, -0.25) is 14.9 Å². The molecule has 1 saturated heterocycles. The highest BCUT2D eigenvalue weighted by Crippen LogP contribution is 2.25. The molecule has 2 heterocycles. The van der Waals surface area contributed by atoms with Gasteiger partial charge < -0.3 is 14.4 Å². The molecule has 0 atom stereocenters. The SMILES string of the molecule is O=C(c1ccc(-n2ccnc2)c([N+](=O)[O-])c1)N1CCCN(c2ccc(F)cc2)CC1. The Balaban J connectivity index is 1.52. The molecule has 0 unspecified atom stereocenters. The first-order valence-corrected chi connectivity index (χ1v) is 9.59. The van der Waals surface area contributed by atoms with Gasteiger partial charge in [0, 0.05) is 55.9 Å². The number of amides is 1. The van der Waals surface area contributed by atoms with E-state index in [1.165, 1.54) is 30.7 Å². The van der Waals surface area contributed by atoms with Crippen LogP contribution in [-0.2, 0) is 0 Å². The summed E-state index contributed by atoms with van der Waals surface area (Å²) in [6.07, 6.45) is 5.37. The predicted octanol–water partition coefficient (Wildman–Crippen LogP) is 3.27. The minimum atomic E-state index is -0.495. The summed E-state index contributed by atoms with van der Waals surface area (Å²) in [4.78, 5) is 31.8. The van der Waals surface area contributed by atoms with Gasteiger partial charge in [-0.15, -0.1) is 0 Å². The number of benzene rings is 2. The van der Waals surface area contributed by atoms with Gasteiger partial charge >= 0.3 is 0 Å². The van der Waals surface area contributed by atoms with Crippen molar-refractivity contribution in [2.45, 2.75) is 6.42 Å². The number of anilines is 1. The molecule has 1 aliphatic rings. The Labute approximate surface area is 172 Å². The van der Waals surface area contributed by atoms with Crippen molar-refractivity contribution in [3.8, 4) is 5.69 Å². The van der Waals surface area contributed by atoms with Gasteiger partial charge in [0.1, 0.15) is 11.5 Å². The maximum atomic E-state index is 13.2. The average molecular weight is 409 g/mol. The molecule has 2 aromatic carbocycles. The fourth-order valence-corrected chi connectivity index (χ4v) is 3.64. The lowest BCUT2D eigenvalue weighted by atomic mass is 10.1. The van der Waals surface area contributed by atoms with Crippen molar-refractivity contribution in [2.75, 3.05) is 31.1 Å². The zero-order valence-corrected chi connectivity index (χ0v) is 16.1. The van der Waals surface area contributed by atoms with E-state index in [1.807, 2.05) is 0 Å². The summed E-state index contributed by atoms with van der Waals surface area (Å²) in [5.41, 5.74) is 1.39. The number of nitro groups is 1. The lowest BCUT2D eigenvalue weighted by molar-refractivity contribution is -0.384. The number of rotatable bonds is 4. The standard InChI is InChI=1S/C21H20FN5O3/c22-17-3-5-18(6-4-17)24-9-1-10-25(13-12-24)21(28)16-2-7-19(20(14-16)27(29)30)26-11-8-23-15-26/h2-8,11,14-15H,1,9-10,12-13H2. The van der Waals surface area contributed by atoms with Crippen LogP contribution in [0.15, 0.2) is 61.2 Å². The Kier molecular flexibility index (Phi) is 5.42. The number of hydrogen-bond acceptors (Lipinski definition) is 5. The summed E-state index contributed by atoms with van der Waals surface area (Å²) >= 11 is 0. The molecule has 1 aliphatic heterocycles. The van der Waals surface area contributed by atoms with Crippen molar-refractivity contribution in [3.05, 3.63) is 82.7 Å². The quantitative estimate of drug-likeness (QED) is 0.488. The van der Waals surface area contributed by atoms with Crippen LogP contribution in [0.4, 0.5) is 15.8 Å². The molecule has 154 valence electrons. The van der Waals surface area contributed by atoms with Crippen LogP contribution in [0.25, 0.3) is 5.69 Å². The molecule has 0 N–H and O–H groups in total. The smallest absolute Gasteiger partial charge is 0.294 e. The molecule has 0 aliphatic carbocycles. The van der Waals surface area contributed by atoms with Crippen LogP contribution < -0.4 is 4.90 Å². The van der Waals surface area contributed by atoms with Crippen molar-refractivity contribution in [3.63, 3.8) is 0 Å². The highest BCUT2D eigenvalue weighted by Gasteiger charge is 2.24. The number of nitro benzene ring substituents is 1. The second kappa shape index (κ2) is 8.32. The highest BCUT2D eigenvalue weighted by atomic mass is 19.1. The van der Waals surface area contributed by atoms with E-state index < -0.39 is 4.92 Å². The van der Waals surface area contributed by atoms with Crippen molar-refractivity contribution in [1.82, 2.24) is 14.5 Å². The van der Waals surface area contributed by atoms with Crippen LogP contribution >= 0.6 is 0 Å². The van der Waals surface area contributed by atoms with Gasteiger partial charge in [-0.2, -0.15) is 0 Å². The molecule has 8 nitrogen and oxygen atoms in total. The number of carbonyl (C=O) groups excluding carboxylic acids is 1. The summed E-state index contributed by atoms with van der Waals surface area (Å²) in [6.45, 7) is 2.38. The van der Waals surface area contributed by atoms with Crippen molar-refractivity contribution >= 4 is 17.3 Å². The first-order valence-electron chi connectivity index (χ1n) is 9.59. The lowest BCUT2D eigenvalue weighted by Crippen LogP contribution is -2.35. The van der Waals surface area contributed by atoms with Crippen LogP contribution in [0.2, 0.25) is 0 Å². The Morgan fingerprint density at radius 2 is 1.87 bits per heavy atom. The first-order chi connectivity index (χ1) is 14.5. The van der Waals surface area contributed by atoms with E-state index in [0.717, 1.165) is 18.7 Å². The summed E-state index contributed by atoms with van der Waals surface area (Å²) in [7, 11) is 0. The second-order valence-corrected chi connectivity index (χ2v) is 7.04. The fraction of sp³-hybridized carbons (Fsp3) is 0.238. The molecular formula is C21H20FN5O3. The van der Waals surface area contributed by atoms with Gasteiger partial charge in [0.15, 0.2) is 0 Å². The molecule has 1 aromatic heterocycles. The topological polar surface area (TPSA) is 84.5 Å². The third-order valence-corrected chi connectivity index (χ3v) is 5.18. The Bertz CT molecular complexity index is 1050. The van der Waals surface area contributed by atoms with E-state index in [1.54, 1.807) is 39.9 Å². The Morgan fingerprint density at radius 3 is 2.57 bits per heavy atom. The van der Waals surface area contributed by atoms with Crippen molar-refractivity contribution < 1.29 is 14.1 Å². The highest BCUT2D eigenvalue weighted by molar-refractivity contribution is 5.95. The van der Waals surface area contributed by atoms with Gasteiger partial charge in [-0.25, -0.2) is 9.37 Å². The van der Waals surface area contributed by atoms with Crippen LogP contribution in [-0.4, -0.2) is 51.5 Å². The average Bonchev–Trinajstić information content (AvgIpc) is 3.18. The van der Waals surface area contributed by atoms with E-state index in [-0.39, 0.29) is 23.0 Å². The molecule has 0 spiro atoms. The molecule has 4 rings (SSSR count).